The second-order valence-corrected chi connectivity index (χ2v) is 6.37. The standard InChI is InChI=1S/C15H23N3O4/c1-8(2)12-15(22)18-7-6-10(13(18)14(21)17-12)16-11(20)5-4-9(3)19/h8,10,12-13H,4-7H2,1-3H3,(H,16,20)(H,17,21). The maximum absolute atomic E-state index is 12.4. The Kier molecular flexibility index (Phi) is 4.83. The molecule has 0 bridgehead atoms. The van der Waals surface area contributed by atoms with Gasteiger partial charge in [-0.2, -0.15) is 0 Å². The summed E-state index contributed by atoms with van der Waals surface area (Å²) < 4.78 is 0. The Morgan fingerprint density at radius 2 is 2.00 bits per heavy atom. The molecular formula is C15H23N3O4. The predicted molar refractivity (Wildman–Crippen MR) is 78.7 cm³/mol. The van der Waals surface area contributed by atoms with Crippen molar-refractivity contribution in [3.63, 3.8) is 0 Å². The number of rotatable bonds is 5. The molecule has 2 aliphatic heterocycles. The molecule has 0 aliphatic carbocycles. The fraction of sp³-hybridized carbons (Fsp3) is 0.733. The van der Waals surface area contributed by atoms with Crippen LogP contribution >= 0.6 is 0 Å². The van der Waals surface area contributed by atoms with E-state index in [0.29, 0.717) is 13.0 Å². The maximum Gasteiger partial charge on any atom is 0.246 e. The number of nitrogens with zero attached hydrogens (tertiary/aromatic N) is 1. The van der Waals surface area contributed by atoms with Crippen molar-refractivity contribution in [3.05, 3.63) is 0 Å². The first-order chi connectivity index (χ1) is 10.3. The number of hydrogen-bond acceptors (Lipinski definition) is 4. The number of ketones is 1. The highest BCUT2D eigenvalue weighted by Gasteiger charge is 2.49. The Morgan fingerprint density at radius 3 is 2.59 bits per heavy atom. The fourth-order valence-corrected chi connectivity index (χ4v) is 3.01. The molecule has 3 atom stereocenters. The molecule has 0 aromatic rings. The van der Waals surface area contributed by atoms with Gasteiger partial charge in [0.15, 0.2) is 0 Å². The Morgan fingerprint density at radius 1 is 1.32 bits per heavy atom. The first-order valence-electron chi connectivity index (χ1n) is 7.71. The van der Waals surface area contributed by atoms with Crippen LogP contribution in [0.25, 0.3) is 0 Å². The molecule has 3 unspecified atom stereocenters. The van der Waals surface area contributed by atoms with Crippen LogP contribution in [-0.2, 0) is 19.2 Å². The van der Waals surface area contributed by atoms with E-state index in [9.17, 15) is 19.2 Å². The Balaban J connectivity index is 2.01. The summed E-state index contributed by atoms with van der Waals surface area (Å²) in [6, 6.07) is -1.50. The molecule has 0 aromatic heterocycles. The molecule has 2 heterocycles. The van der Waals surface area contributed by atoms with Crippen LogP contribution in [0.2, 0.25) is 0 Å². The SMILES string of the molecule is CC(=O)CCC(=O)NC1CCN2C(=O)C(C(C)C)NC(=O)C12. The lowest BCUT2D eigenvalue weighted by molar-refractivity contribution is -0.149. The van der Waals surface area contributed by atoms with Crippen molar-refractivity contribution in [2.24, 2.45) is 5.92 Å². The van der Waals surface area contributed by atoms with Crippen LogP contribution in [0.4, 0.5) is 0 Å². The van der Waals surface area contributed by atoms with E-state index in [1.165, 1.54) is 6.92 Å². The largest absolute Gasteiger partial charge is 0.351 e. The van der Waals surface area contributed by atoms with E-state index in [1.807, 2.05) is 13.8 Å². The molecule has 0 spiro atoms. The molecule has 2 fully saturated rings. The number of nitrogens with one attached hydrogen (secondary N) is 2. The van der Waals surface area contributed by atoms with Crippen LogP contribution in [0.5, 0.6) is 0 Å². The number of Topliss-reactive ketones (excluding diaryl/α,β-unsaturated/α-hetero) is 1. The van der Waals surface area contributed by atoms with E-state index in [1.54, 1.807) is 4.90 Å². The average molecular weight is 309 g/mol. The van der Waals surface area contributed by atoms with Crippen LogP contribution in [0, 0.1) is 5.92 Å². The normalized spacial score (nSPS) is 27.6. The average Bonchev–Trinajstić information content (AvgIpc) is 2.85. The van der Waals surface area contributed by atoms with Crippen molar-refractivity contribution in [3.8, 4) is 0 Å². The molecule has 7 heteroatoms. The van der Waals surface area contributed by atoms with Gasteiger partial charge in [0.05, 0.1) is 6.04 Å². The molecule has 122 valence electrons. The van der Waals surface area contributed by atoms with Crippen molar-refractivity contribution in [2.45, 2.75) is 58.2 Å². The van der Waals surface area contributed by atoms with E-state index in [4.69, 9.17) is 0 Å². The van der Waals surface area contributed by atoms with Crippen LogP contribution in [-0.4, -0.2) is 53.1 Å². The predicted octanol–water partition coefficient (Wildman–Crippen LogP) is -0.404. The lowest BCUT2D eigenvalue weighted by Crippen LogP contribution is -2.66. The second kappa shape index (κ2) is 6.46. The Bertz CT molecular complexity index is 503. The van der Waals surface area contributed by atoms with Gasteiger partial charge in [-0.3, -0.25) is 14.4 Å². The minimum absolute atomic E-state index is 0.0293. The highest BCUT2D eigenvalue weighted by molar-refractivity contribution is 5.98. The number of piperazine rings is 1. The van der Waals surface area contributed by atoms with Crippen LogP contribution in [0.3, 0.4) is 0 Å². The molecule has 7 nitrogen and oxygen atoms in total. The summed E-state index contributed by atoms with van der Waals surface area (Å²) >= 11 is 0. The summed E-state index contributed by atoms with van der Waals surface area (Å²) in [7, 11) is 0. The summed E-state index contributed by atoms with van der Waals surface area (Å²) in [5, 5.41) is 5.54. The van der Waals surface area contributed by atoms with Gasteiger partial charge in [-0.15, -0.1) is 0 Å². The van der Waals surface area contributed by atoms with Gasteiger partial charge < -0.3 is 20.3 Å². The van der Waals surface area contributed by atoms with Gasteiger partial charge in [0, 0.05) is 19.4 Å². The quantitative estimate of drug-likeness (QED) is 0.722. The second-order valence-electron chi connectivity index (χ2n) is 6.37. The van der Waals surface area contributed by atoms with Gasteiger partial charge in [-0.25, -0.2) is 0 Å². The number of fused-ring (bicyclic) bond motifs is 1. The van der Waals surface area contributed by atoms with Crippen molar-refractivity contribution in [1.82, 2.24) is 15.5 Å². The molecular weight excluding hydrogens is 286 g/mol. The summed E-state index contributed by atoms with van der Waals surface area (Å²) in [6.07, 6.45) is 0.858. The molecule has 2 saturated heterocycles. The van der Waals surface area contributed by atoms with Gasteiger partial charge in [0.2, 0.25) is 17.7 Å². The first kappa shape index (κ1) is 16.5. The number of carbonyl (C=O) groups excluding carboxylic acids is 4. The minimum atomic E-state index is -0.635. The van der Waals surface area contributed by atoms with Crippen LogP contribution in [0.1, 0.15) is 40.0 Å². The van der Waals surface area contributed by atoms with Crippen molar-refractivity contribution >= 4 is 23.5 Å². The zero-order valence-electron chi connectivity index (χ0n) is 13.2. The molecule has 2 rings (SSSR count). The van der Waals surface area contributed by atoms with E-state index in [-0.39, 0.29) is 48.3 Å². The van der Waals surface area contributed by atoms with Gasteiger partial charge >= 0.3 is 0 Å². The highest BCUT2D eigenvalue weighted by atomic mass is 16.2. The topological polar surface area (TPSA) is 95.6 Å². The molecule has 0 saturated carbocycles. The first-order valence-corrected chi connectivity index (χ1v) is 7.71. The fourth-order valence-electron chi connectivity index (χ4n) is 3.01. The van der Waals surface area contributed by atoms with Gasteiger partial charge in [-0.1, -0.05) is 13.8 Å². The summed E-state index contributed by atoms with van der Waals surface area (Å²) in [4.78, 5) is 49.0. The number of hydrogen-bond donors (Lipinski definition) is 2. The third-order valence-electron chi connectivity index (χ3n) is 4.23. The summed E-state index contributed by atoms with van der Waals surface area (Å²) in [6.45, 7) is 5.68. The molecule has 22 heavy (non-hydrogen) atoms. The molecule has 0 radical (unpaired) electrons. The molecule has 2 N–H and O–H groups in total. The Labute approximate surface area is 129 Å². The number of amides is 3. The van der Waals surface area contributed by atoms with Gasteiger partial charge in [0.25, 0.3) is 0 Å². The highest BCUT2D eigenvalue weighted by Crippen LogP contribution is 2.25. The molecule has 2 aliphatic rings. The van der Waals surface area contributed by atoms with Crippen molar-refractivity contribution < 1.29 is 19.2 Å². The van der Waals surface area contributed by atoms with Crippen LogP contribution < -0.4 is 10.6 Å². The zero-order chi connectivity index (χ0) is 16.4. The molecule has 0 aromatic carbocycles. The van der Waals surface area contributed by atoms with E-state index < -0.39 is 12.1 Å². The third-order valence-corrected chi connectivity index (χ3v) is 4.23. The number of carbonyl (C=O) groups is 4. The van der Waals surface area contributed by atoms with Gasteiger partial charge in [-0.05, 0) is 19.3 Å². The monoisotopic (exact) mass is 309 g/mol. The van der Waals surface area contributed by atoms with Crippen LogP contribution in [0.15, 0.2) is 0 Å². The third kappa shape index (κ3) is 3.28. The Hall–Kier alpha value is -1.92. The summed E-state index contributed by atoms with van der Waals surface area (Å²) in [5.41, 5.74) is 0. The lowest BCUT2D eigenvalue weighted by atomic mass is 9.97. The van der Waals surface area contributed by atoms with E-state index in [2.05, 4.69) is 10.6 Å². The van der Waals surface area contributed by atoms with Crippen molar-refractivity contribution in [2.75, 3.05) is 6.54 Å². The minimum Gasteiger partial charge on any atom is -0.351 e. The van der Waals surface area contributed by atoms with E-state index in [0.717, 1.165) is 0 Å². The molecule has 3 amide bonds. The van der Waals surface area contributed by atoms with E-state index >= 15 is 0 Å². The smallest absolute Gasteiger partial charge is 0.246 e. The lowest BCUT2D eigenvalue weighted by Gasteiger charge is -2.37. The summed E-state index contributed by atoms with van der Waals surface area (Å²) in [5.74, 6) is -0.573. The zero-order valence-corrected chi connectivity index (χ0v) is 13.2. The van der Waals surface area contributed by atoms with Gasteiger partial charge in [0.1, 0.15) is 17.9 Å². The maximum atomic E-state index is 12.4. The van der Waals surface area contributed by atoms with Crippen molar-refractivity contribution in [1.29, 1.82) is 0 Å².